The average molecular weight is 596 g/mol. The quantitative estimate of drug-likeness (QED) is 0.293. The second kappa shape index (κ2) is 11.8. The molecule has 0 aliphatic carbocycles. The molecule has 0 spiro atoms. The first kappa shape index (κ1) is 30.3. The number of carbonyl (C=O) groups is 1. The average Bonchev–Trinajstić information content (AvgIpc) is 3.35. The number of nitrogen functional groups attached to an aromatic ring is 1. The van der Waals surface area contributed by atoms with Crippen LogP contribution in [0.25, 0.3) is 16.6 Å². The van der Waals surface area contributed by atoms with Crippen LogP contribution in [0.4, 0.5) is 19.0 Å². The molecular formula is C31H36F3N7O2. The number of H-pyrrole nitrogens is 1. The molecule has 4 aromatic heterocycles. The van der Waals surface area contributed by atoms with Gasteiger partial charge in [0.1, 0.15) is 5.82 Å². The monoisotopic (exact) mass is 595 g/mol. The van der Waals surface area contributed by atoms with Gasteiger partial charge in [-0.1, -0.05) is 0 Å². The van der Waals surface area contributed by atoms with Gasteiger partial charge in [0.15, 0.2) is 5.43 Å². The Bertz CT molecular complexity index is 1700. The number of rotatable bonds is 7. The van der Waals surface area contributed by atoms with E-state index in [2.05, 4.69) is 20.2 Å². The van der Waals surface area contributed by atoms with Gasteiger partial charge in [0.2, 0.25) is 0 Å². The van der Waals surface area contributed by atoms with Crippen molar-refractivity contribution in [2.45, 2.75) is 46.5 Å². The van der Waals surface area contributed by atoms with Crippen LogP contribution in [0.1, 0.15) is 51.5 Å². The number of hydrogen-bond donors (Lipinski definition) is 3. The zero-order valence-electron chi connectivity index (χ0n) is 24.7. The van der Waals surface area contributed by atoms with E-state index in [0.29, 0.717) is 48.8 Å². The Hall–Kier alpha value is -4.16. The molecule has 9 nitrogen and oxygen atoms in total. The van der Waals surface area contributed by atoms with E-state index in [4.69, 9.17) is 5.73 Å². The molecule has 1 fully saturated rings. The van der Waals surface area contributed by atoms with Gasteiger partial charge in [-0.15, -0.1) is 0 Å². The predicted octanol–water partition coefficient (Wildman–Crippen LogP) is 4.37. The van der Waals surface area contributed by atoms with Crippen molar-refractivity contribution in [1.29, 1.82) is 0 Å². The summed E-state index contributed by atoms with van der Waals surface area (Å²) in [6, 6.07) is 8.68. The minimum atomic E-state index is -4.24. The summed E-state index contributed by atoms with van der Waals surface area (Å²) in [5.41, 5.74) is 12.1. The van der Waals surface area contributed by atoms with Crippen molar-refractivity contribution in [2.24, 2.45) is 0 Å². The summed E-state index contributed by atoms with van der Waals surface area (Å²) in [5.74, 6) is 0.0638. The lowest BCUT2D eigenvalue weighted by atomic mass is 9.99. The zero-order valence-corrected chi connectivity index (χ0v) is 24.7. The highest BCUT2D eigenvalue weighted by Gasteiger charge is 2.34. The Balaban J connectivity index is 1.52. The fraction of sp³-hybridized carbons (Fsp3) is 0.387. The Morgan fingerprint density at radius 1 is 1.12 bits per heavy atom. The van der Waals surface area contributed by atoms with Crippen LogP contribution in [0.15, 0.2) is 47.5 Å². The molecule has 5 heterocycles. The number of halogens is 3. The van der Waals surface area contributed by atoms with Crippen molar-refractivity contribution in [3.8, 4) is 11.1 Å². The summed E-state index contributed by atoms with van der Waals surface area (Å²) >= 11 is 0. The number of fused-ring (bicyclic) bond motifs is 1. The number of hydrogen-bond acceptors (Lipinski definition) is 6. The number of carbonyl (C=O) groups excluding carboxylic acids is 1. The van der Waals surface area contributed by atoms with Crippen molar-refractivity contribution < 1.29 is 18.0 Å². The summed E-state index contributed by atoms with van der Waals surface area (Å²) in [6.45, 7) is 8.15. The zero-order chi connectivity index (χ0) is 31.1. The number of aryl methyl sites for hydroxylation is 2. The lowest BCUT2D eigenvalue weighted by Crippen LogP contribution is -2.49. The normalized spacial score (nSPS) is 15.6. The molecule has 1 atom stereocenters. The van der Waals surface area contributed by atoms with E-state index in [1.807, 2.05) is 42.6 Å². The van der Waals surface area contributed by atoms with Crippen LogP contribution in [0.5, 0.6) is 0 Å². The van der Waals surface area contributed by atoms with E-state index in [0.717, 1.165) is 33.6 Å². The molecule has 228 valence electrons. The van der Waals surface area contributed by atoms with Crippen LogP contribution in [0, 0.1) is 20.8 Å². The van der Waals surface area contributed by atoms with E-state index in [9.17, 15) is 22.8 Å². The van der Waals surface area contributed by atoms with E-state index >= 15 is 0 Å². The first-order valence-corrected chi connectivity index (χ1v) is 14.2. The molecule has 0 bridgehead atoms. The predicted molar refractivity (Wildman–Crippen MR) is 160 cm³/mol. The van der Waals surface area contributed by atoms with E-state index in [-0.39, 0.29) is 23.9 Å². The van der Waals surface area contributed by atoms with Gasteiger partial charge in [-0.05, 0) is 57.5 Å². The Kier molecular flexibility index (Phi) is 8.35. The van der Waals surface area contributed by atoms with E-state index in [1.54, 1.807) is 26.1 Å². The van der Waals surface area contributed by atoms with Crippen LogP contribution >= 0.6 is 0 Å². The van der Waals surface area contributed by atoms with Gasteiger partial charge in [0, 0.05) is 96.6 Å². The minimum absolute atomic E-state index is 0.0622. The van der Waals surface area contributed by atoms with Crippen molar-refractivity contribution in [2.75, 3.05) is 38.5 Å². The number of aromatic amines is 1. The first-order valence-electron chi connectivity index (χ1n) is 14.2. The van der Waals surface area contributed by atoms with Crippen LogP contribution in [0.2, 0.25) is 0 Å². The molecule has 43 heavy (non-hydrogen) atoms. The van der Waals surface area contributed by atoms with Gasteiger partial charge in [-0.2, -0.15) is 13.2 Å². The maximum Gasteiger partial charge on any atom is 0.401 e. The van der Waals surface area contributed by atoms with E-state index in [1.165, 1.54) is 11.0 Å². The fourth-order valence-corrected chi connectivity index (χ4v) is 6.02. The van der Waals surface area contributed by atoms with Gasteiger partial charge in [0.25, 0.3) is 5.91 Å². The standard InChI is InChI=1S/C31H36F3N7O2/c1-18-13-27(42)25(20(3)38-18)16-37-30(43)24-14-26-23(22-5-6-28(35)36-15-22)7-8-41(26)29(19(24)2)21(4)40-11-9-39(10-12-40)17-31(32,33)34/h5-8,13-15,21H,9-12,16-17H2,1-4H3,(H2,35,36)(H,37,43)(H,38,42). The summed E-state index contributed by atoms with van der Waals surface area (Å²) < 4.78 is 41.0. The maximum absolute atomic E-state index is 13.7. The number of nitrogens with one attached hydrogen (secondary N) is 2. The molecule has 1 amide bonds. The Labute approximate surface area is 247 Å². The summed E-state index contributed by atoms with van der Waals surface area (Å²) in [6.07, 6.45) is -0.616. The van der Waals surface area contributed by atoms with Gasteiger partial charge in [-0.25, -0.2) is 4.98 Å². The minimum Gasteiger partial charge on any atom is -0.384 e. The topological polar surface area (TPSA) is 112 Å². The maximum atomic E-state index is 13.7. The summed E-state index contributed by atoms with van der Waals surface area (Å²) in [7, 11) is 0. The summed E-state index contributed by atoms with van der Waals surface area (Å²) in [4.78, 5) is 37.3. The second-order valence-electron chi connectivity index (χ2n) is 11.2. The van der Waals surface area contributed by atoms with Crippen molar-refractivity contribution >= 4 is 17.2 Å². The van der Waals surface area contributed by atoms with Gasteiger partial charge in [0.05, 0.1) is 12.1 Å². The molecule has 5 rings (SSSR count). The van der Waals surface area contributed by atoms with Crippen LogP contribution < -0.4 is 16.5 Å². The van der Waals surface area contributed by atoms with Crippen molar-refractivity contribution in [1.82, 2.24) is 29.5 Å². The molecule has 1 aliphatic heterocycles. The number of nitrogens with two attached hydrogens (primary N) is 1. The Morgan fingerprint density at radius 3 is 2.47 bits per heavy atom. The molecule has 0 radical (unpaired) electrons. The smallest absolute Gasteiger partial charge is 0.384 e. The molecule has 1 unspecified atom stereocenters. The largest absolute Gasteiger partial charge is 0.401 e. The summed E-state index contributed by atoms with van der Waals surface area (Å²) in [5, 5.41) is 2.93. The third-order valence-electron chi connectivity index (χ3n) is 8.26. The second-order valence-corrected chi connectivity index (χ2v) is 11.2. The molecular weight excluding hydrogens is 559 g/mol. The molecule has 0 aromatic carbocycles. The Morgan fingerprint density at radius 2 is 1.84 bits per heavy atom. The van der Waals surface area contributed by atoms with Gasteiger partial charge < -0.3 is 20.4 Å². The number of anilines is 1. The van der Waals surface area contributed by atoms with Gasteiger partial charge >= 0.3 is 6.18 Å². The number of amides is 1. The number of aromatic nitrogens is 3. The number of alkyl halides is 3. The van der Waals surface area contributed by atoms with Gasteiger partial charge in [-0.3, -0.25) is 19.4 Å². The lowest BCUT2D eigenvalue weighted by molar-refractivity contribution is -0.149. The van der Waals surface area contributed by atoms with Crippen molar-refractivity contribution in [3.63, 3.8) is 0 Å². The molecule has 1 saturated heterocycles. The lowest BCUT2D eigenvalue weighted by Gasteiger charge is -2.39. The fourth-order valence-electron chi connectivity index (χ4n) is 6.02. The SMILES string of the molecule is Cc1cc(=O)c(CNC(=O)c2cc3c(-c4ccc(N)nc4)ccn3c(C(C)N3CCN(CC(F)(F)F)CC3)c2C)c(C)[nH]1. The highest BCUT2D eigenvalue weighted by atomic mass is 19.4. The molecule has 0 saturated carbocycles. The molecule has 1 aliphatic rings. The van der Waals surface area contributed by atoms with Crippen LogP contribution in [-0.2, 0) is 6.54 Å². The van der Waals surface area contributed by atoms with Crippen LogP contribution in [0.3, 0.4) is 0 Å². The van der Waals surface area contributed by atoms with Crippen molar-refractivity contribution in [3.05, 3.63) is 86.7 Å². The molecule has 4 N–H and O–H groups in total. The van der Waals surface area contributed by atoms with E-state index < -0.39 is 12.7 Å². The number of nitrogens with zero attached hydrogens (tertiary/aromatic N) is 4. The number of pyridine rings is 3. The third-order valence-corrected chi connectivity index (χ3v) is 8.26. The number of piperazine rings is 1. The first-order chi connectivity index (χ1) is 20.3. The molecule has 12 heteroatoms. The highest BCUT2D eigenvalue weighted by Crippen LogP contribution is 2.34. The third kappa shape index (κ3) is 6.45. The highest BCUT2D eigenvalue weighted by molar-refractivity contribution is 5.98. The molecule has 4 aromatic rings. The van der Waals surface area contributed by atoms with Crippen LogP contribution in [-0.4, -0.2) is 69.0 Å².